The van der Waals surface area contributed by atoms with Gasteiger partial charge in [0.15, 0.2) is 11.7 Å². The second kappa shape index (κ2) is 8.19. The Labute approximate surface area is 156 Å². The van der Waals surface area contributed by atoms with E-state index in [4.69, 9.17) is 21.1 Å². The Morgan fingerprint density at radius 2 is 1.65 bits per heavy atom. The standard InChI is InChI=1S/C19H19ClFNO4/c1-12(17(23)22-15-8-6-14(21)7-9-15)25-18(24)19(2,3)26-16-10-4-13(20)5-11-16/h4-12H,1-3H3,(H,22,23)/t12-/m0/s1. The molecule has 1 atom stereocenters. The van der Waals surface area contributed by atoms with Gasteiger partial charge in [0, 0.05) is 10.7 Å². The van der Waals surface area contributed by atoms with Gasteiger partial charge in [0.05, 0.1) is 0 Å². The number of anilines is 1. The minimum absolute atomic E-state index is 0.399. The Morgan fingerprint density at radius 1 is 1.08 bits per heavy atom. The van der Waals surface area contributed by atoms with Crippen molar-refractivity contribution < 1.29 is 23.5 Å². The average molecular weight is 380 g/mol. The number of rotatable bonds is 6. The molecule has 2 aromatic carbocycles. The molecule has 0 saturated heterocycles. The van der Waals surface area contributed by atoms with Gasteiger partial charge in [-0.3, -0.25) is 4.79 Å². The van der Waals surface area contributed by atoms with E-state index < -0.39 is 29.4 Å². The van der Waals surface area contributed by atoms with Crippen LogP contribution in [0.25, 0.3) is 0 Å². The van der Waals surface area contributed by atoms with E-state index in [9.17, 15) is 14.0 Å². The number of amides is 1. The fraction of sp³-hybridized carbons (Fsp3) is 0.263. The van der Waals surface area contributed by atoms with Crippen molar-refractivity contribution in [3.63, 3.8) is 0 Å². The highest BCUT2D eigenvalue weighted by atomic mass is 35.5. The third-order valence-corrected chi connectivity index (χ3v) is 3.70. The summed E-state index contributed by atoms with van der Waals surface area (Å²) in [7, 11) is 0. The monoisotopic (exact) mass is 379 g/mol. The topological polar surface area (TPSA) is 64.6 Å². The molecule has 0 saturated carbocycles. The third kappa shape index (κ3) is 5.46. The molecule has 0 fully saturated rings. The highest BCUT2D eigenvalue weighted by Gasteiger charge is 2.34. The van der Waals surface area contributed by atoms with Crippen LogP contribution < -0.4 is 10.1 Å². The fourth-order valence-electron chi connectivity index (χ4n) is 1.97. The lowest BCUT2D eigenvalue weighted by Gasteiger charge is -2.26. The molecular formula is C19H19ClFNO4. The van der Waals surface area contributed by atoms with Gasteiger partial charge in [-0.15, -0.1) is 0 Å². The fourth-order valence-corrected chi connectivity index (χ4v) is 2.10. The molecule has 2 aromatic rings. The predicted octanol–water partition coefficient (Wildman–Crippen LogP) is 4.21. The van der Waals surface area contributed by atoms with Crippen LogP contribution in [0.5, 0.6) is 5.75 Å². The first-order valence-corrected chi connectivity index (χ1v) is 8.27. The molecule has 7 heteroatoms. The summed E-state index contributed by atoms with van der Waals surface area (Å²) in [5.74, 6) is -1.20. The summed E-state index contributed by atoms with van der Waals surface area (Å²) in [6, 6.07) is 11.8. The molecule has 1 amide bonds. The van der Waals surface area contributed by atoms with Gasteiger partial charge < -0.3 is 14.8 Å². The number of halogens is 2. The molecule has 1 N–H and O–H groups in total. The second-order valence-corrected chi connectivity index (χ2v) is 6.55. The van der Waals surface area contributed by atoms with Gasteiger partial charge in [0.1, 0.15) is 11.6 Å². The molecule has 138 valence electrons. The van der Waals surface area contributed by atoms with Crippen molar-refractivity contribution >= 4 is 29.2 Å². The van der Waals surface area contributed by atoms with Crippen molar-refractivity contribution in [3.8, 4) is 5.75 Å². The third-order valence-electron chi connectivity index (χ3n) is 3.44. The van der Waals surface area contributed by atoms with E-state index in [2.05, 4.69) is 5.32 Å². The van der Waals surface area contributed by atoms with E-state index in [0.717, 1.165) is 0 Å². The maximum absolute atomic E-state index is 12.9. The SMILES string of the molecule is C[C@H](OC(=O)C(C)(C)Oc1ccc(Cl)cc1)C(=O)Nc1ccc(F)cc1. The van der Waals surface area contributed by atoms with Gasteiger partial charge in [-0.05, 0) is 69.3 Å². The summed E-state index contributed by atoms with van der Waals surface area (Å²) in [5, 5.41) is 3.09. The van der Waals surface area contributed by atoms with Crippen LogP contribution in [-0.2, 0) is 14.3 Å². The molecule has 0 aromatic heterocycles. The normalized spacial score (nSPS) is 12.2. The van der Waals surface area contributed by atoms with Crippen molar-refractivity contribution in [1.82, 2.24) is 0 Å². The summed E-state index contributed by atoms with van der Waals surface area (Å²) in [4.78, 5) is 24.5. The van der Waals surface area contributed by atoms with Crippen LogP contribution in [0.1, 0.15) is 20.8 Å². The lowest BCUT2D eigenvalue weighted by Crippen LogP contribution is -2.43. The zero-order valence-electron chi connectivity index (χ0n) is 14.6. The van der Waals surface area contributed by atoms with Crippen LogP contribution >= 0.6 is 11.6 Å². The predicted molar refractivity (Wildman–Crippen MR) is 96.7 cm³/mol. The van der Waals surface area contributed by atoms with Gasteiger partial charge >= 0.3 is 5.97 Å². The van der Waals surface area contributed by atoms with E-state index >= 15 is 0 Å². The highest BCUT2D eigenvalue weighted by Crippen LogP contribution is 2.22. The minimum Gasteiger partial charge on any atom is -0.476 e. The molecule has 0 radical (unpaired) electrons. The van der Waals surface area contributed by atoms with Gasteiger partial charge in [-0.2, -0.15) is 0 Å². The summed E-state index contributed by atoms with van der Waals surface area (Å²) >= 11 is 5.81. The number of carbonyl (C=O) groups excluding carboxylic acids is 2. The number of hydrogen-bond donors (Lipinski definition) is 1. The summed E-state index contributed by atoms with van der Waals surface area (Å²) in [5.41, 5.74) is -0.908. The van der Waals surface area contributed by atoms with Gasteiger partial charge in [0.25, 0.3) is 5.91 Å². The quantitative estimate of drug-likeness (QED) is 0.764. The van der Waals surface area contributed by atoms with Crippen molar-refractivity contribution in [2.45, 2.75) is 32.5 Å². The molecule has 0 spiro atoms. The number of benzene rings is 2. The summed E-state index contributed by atoms with van der Waals surface area (Å²) < 4.78 is 23.7. The summed E-state index contributed by atoms with van der Waals surface area (Å²) in [6.45, 7) is 4.51. The Morgan fingerprint density at radius 3 is 2.23 bits per heavy atom. The molecule has 0 bridgehead atoms. The van der Waals surface area contributed by atoms with Gasteiger partial charge in [0.2, 0.25) is 0 Å². The zero-order valence-corrected chi connectivity index (χ0v) is 15.3. The minimum atomic E-state index is -1.31. The van der Waals surface area contributed by atoms with Crippen LogP contribution in [0.2, 0.25) is 5.02 Å². The number of esters is 1. The van der Waals surface area contributed by atoms with Gasteiger partial charge in [-0.1, -0.05) is 11.6 Å². The first-order valence-electron chi connectivity index (χ1n) is 7.89. The maximum Gasteiger partial charge on any atom is 0.350 e. The molecule has 5 nitrogen and oxygen atoms in total. The Balaban J connectivity index is 1.94. The Bertz CT molecular complexity index is 775. The molecule has 0 aliphatic carbocycles. The van der Waals surface area contributed by atoms with E-state index in [1.165, 1.54) is 45.0 Å². The largest absolute Gasteiger partial charge is 0.476 e. The Hall–Kier alpha value is -2.60. The smallest absolute Gasteiger partial charge is 0.350 e. The average Bonchev–Trinajstić information content (AvgIpc) is 2.58. The van der Waals surface area contributed by atoms with Crippen LogP contribution in [-0.4, -0.2) is 23.6 Å². The van der Waals surface area contributed by atoms with Crippen molar-refractivity contribution in [3.05, 3.63) is 59.4 Å². The van der Waals surface area contributed by atoms with Crippen molar-refractivity contribution in [1.29, 1.82) is 0 Å². The molecular weight excluding hydrogens is 361 g/mol. The number of ether oxygens (including phenoxy) is 2. The van der Waals surface area contributed by atoms with Crippen LogP contribution in [0.4, 0.5) is 10.1 Å². The van der Waals surface area contributed by atoms with Crippen molar-refractivity contribution in [2.24, 2.45) is 0 Å². The summed E-state index contributed by atoms with van der Waals surface area (Å²) in [6.07, 6.45) is -1.05. The maximum atomic E-state index is 12.9. The lowest BCUT2D eigenvalue weighted by atomic mass is 10.1. The molecule has 26 heavy (non-hydrogen) atoms. The Kier molecular flexibility index (Phi) is 6.21. The first kappa shape index (κ1) is 19.7. The molecule has 0 aliphatic heterocycles. The van der Waals surface area contributed by atoms with E-state index in [-0.39, 0.29) is 0 Å². The lowest BCUT2D eigenvalue weighted by molar-refractivity contribution is -0.166. The molecule has 2 rings (SSSR count). The number of carbonyl (C=O) groups is 2. The second-order valence-electron chi connectivity index (χ2n) is 6.11. The molecule has 0 aliphatic rings. The molecule has 0 unspecified atom stereocenters. The van der Waals surface area contributed by atoms with Crippen LogP contribution in [0.3, 0.4) is 0 Å². The van der Waals surface area contributed by atoms with Crippen molar-refractivity contribution in [2.75, 3.05) is 5.32 Å². The first-order chi connectivity index (χ1) is 12.2. The highest BCUT2D eigenvalue weighted by molar-refractivity contribution is 6.30. The number of hydrogen-bond acceptors (Lipinski definition) is 4. The van der Waals surface area contributed by atoms with E-state index in [1.54, 1.807) is 24.3 Å². The van der Waals surface area contributed by atoms with Gasteiger partial charge in [-0.25, -0.2) is 9.18 Å². The molecule has 0 heterocycles. The number of nitrogens with one attached hydrogen (secondary N) is 1. The van der Waals surface area contributed by atoms with Crippen LogP contribution in [0.15, 0.2) is 48.5 Å². The zero-order chi connectivity index (χ0) is 19.3. The van der Waals surface area contributed by atoms with E-state index in [1.807, 2.05) is 0 Å². The van der Waals surface area contributed by atoms with Crippen LogP contribution in [0, 0.1) is 5.82 Å². The van der Waals surface area contributed by atoms with E-state index in [0.29, 0.717) is 16.5 Å².